The fraction of sp³-hybridized carbons (Fsp3) is 0.286. The number of hydrogen-bond donors (Lipinski definition) is 1. The molecule has 0 amide bonds. The van der Waals surface area contributed by atoms with Gasteiger partial charge in [-0.25, -0.2) is 0 Å². The first-order valence-electron chi connectivity index (χ1n) is 5.65. The van der Waals surface area contributed by atoms with Gasteiger partial charge in [-0.3, -0.25) is 0 Å². The number of hydrogen-bond acceptors (Lipinski definition) is 2. The van der Waals surface area contributed by atoms with Crippen LogP contribution in [0.15, 0.2) is 35.0 Å². The number of rotatable bonds is 4. The van der Waals surface area contributed by atoms with Crippen molar-refractivity contribution >= 4 is 33.9 Å². The van der Waals surface area contributed by atoms with Crippen molar-refractivity contribution in [1.82, 2.24) is 5.32 Å². The predicted octanol–water partition coefficient (Wildman–Crippen LogP) is 4.16. The maximum atomic E-state index is 3.41. The summed E-state index contributed by atoms with van der Waals surface area (Å²) in [6, 6.07) is 9.19. The summed E-state index contributed by atoms with van der Waals surface area (Å²) in [6.07, 6.45) is 1.05. The summed E-state index contributed by atoms with van der Waals surface area (Å²) in [5, 5.41) is 7.88. The molecule has 0 spiro atoms. The average molecular weight is 357 g/mol. The average Bonchev–Trinajstić information content (AvgIpc) is 2.75. The van der Waals surface area contributed by atoms with E-state index < -0.39 is 0 Å². The van der Waals surface area contributed by atoms with Gasteiger partial charge in [0.2, 0.25) is 0 Å². The van der Waals surface area contributed by atoms with E-state index in [4.69, 9.17) is 0 Å². The molecule has 1 atom stereocenters. The van der Waals surface area contributed by atoms with Gasteiger partial charge in [0.25, 0.3) is 0 Å². The number of nitrogens with one attached hydrogen (secondary N) is 1. The molecule has 1 heterocycles. The van der Waals surface area contributed by atoms with Crippen LogP contribution in [0, 0.1) is 10.5 Å². The topological polar surface area (TPSA) is 12.0 Å². The summed E-state index contributed by atoms with van der Waals surface area (Å²) in [5.41, 5.74) is 4.20. The minimum Gasteiger partial charge on any atom is -0.313 e. The van der Waals surface area contributed by atoms with E-state index >= 15 is 0 Å². The SMILES string of the molecule is CNC(Cc1ccc(I)cc1)c1cscc1C. The minimum atomic E-state index is 0.418. The Hall–Kier alpha value is -0.390. The fourth-order valence-corrected chi connectivity index (χ4v) is 3.22. The normalized spacial score (nSPS) is 12.6. The van der Waals surface area contributed by atoms with Gasteiger partial charge in [-0.15, -0.1) is 0 Å². The summed E-state index contributed by atoms with van der Waals surface area (Å²) in [4.78, 5) is 0. The lowest BCUT2D eigenvalue weighted by atomic mass is 9.99. The Labute approximate surface area is 120 Å². The number of halogens is 1. The predicted molar refractivity (Wildman–Crippen MR) is 83.7 cm³/mol. The van der Waals surface area contributed by atoms with E-state index in [9.17, 15) is 0 Å². The molecule has 0 radical (unpaired) electrons. The first-order chi connectivity index (χ1) is 8.20. The summed E-state index contributed by atoms with van der Waals surface area (Å²) < 4.78 is 1.29. The van der Waals surface area contributed by atoms with Crippen molar-refractivity contribution in [3.05, 3.63) is 55.3 Å². The molecule has 0 saturated heterocycles. The minimum absolute atomic E-state index is 0.418. The second kappa shape index (κ2) is 5.98. The van der Waals surface area contributed by atoms with Gasteiger partial charge in [0, 0.05) is 9.61 Å². The van der Waals surface area contributed by atoms with Crippen LogP contribution in [0.5, 0.6) is 0 Å². The number of benzene rings is 1. The lowest BCUT2D eigenvalue weighted by Crippen LogP contribution is -2.19. The lowest BCUT2D eigenvalue weighted by molar-refractivity contribution is 0.591. The maximum Gasteiger partial charge on any atom is 0.0369 e. The molecule has 0 aliphatic rings. The molecule has 0 aliphatic carbocycles. The van der Waals surface area contributed by atoms with Gasteiger partial charge in [0.15, 0.2) is 0 Å². The van der Waals surface area contributed by atoms with Gasteiger partial charge in [0.05, 0.1) is 0 Å². The Bertz CT molecular complexity index is 475. The van der Waals surface area contributed by atoms with Crippen molar-refractivity contribution in [3.8, 4) is 0 Å². The summed E-state index contributed by atoms with van der Waals surface area (Å²) in [7, 11) is 2.04. The van der Waals surface area contributed by atoms with Crippen LogP contribution in [0.2, 0.25) is 0 Å². The van der Waals surface area contributed by atoms with Crippen LogP contribution in [0.25, 0.3) is 0 Å². The molecule has 1 nitrogen and oxygen atoms in total. The van der Waals surface area contributed by atoms with Crippen LogP contribution in [0.4, 0.5) is 0 Å². The van der Waals surface area contributed by atoms with Gasteiger partial charge in [0.1, 0.15) is 0 Å². The number of thiophene rings is 1. The van der Waals surface area contributed by atoms with Crippen LogP contribution in [-0.4, -0.2) is 7.05 Å². The molecule has 1 N–H and O–H groups in total. The Balaban J connectivity index is 2.16. The molecule has 2 rings (SSSR count). The second-order valence-electron chi connectivity index (χ2n) is 4.18. The van der Waals surface area contributed by atoms with Crippen molar-refractivity contribution in [2.75, 3.05) is 7.05 Å². The molecule has 1 aromatic carbocycles. The molecule has 2 aromatic rings. The summed E-state index contributed by atoms with van der Waals surface area (Å²) in [6.45, 7) is 2.18. The quantitative estimate of drug-likeness (QED) is 0.810. The molecule has 0 aliphatic heterocycles. The van der Waals surface area contributed by atoms with Crippen LogP contribution < -0.4 is 5.32 Å². The zero-order valence-electron chi connectivity index (χ0n) is 10.0. The second-order valence-corrected chi connectivity index (χ2v) is 6.17. The van der Waals surface area contributed by atoms with Crippen molar-refractivity contribution in [2.24, 2.45) is 0 Å². The summed E-state index contributed by atoms with van der Waals surface area (Å²) >= 11 is 4.12. The summed E-state index contributed by atoms with van der Waals surface area (Å²) in [5.74, 6) is 0. The third kappa shape index (κ3) is 3.30. The molecule has 1 aromatic heterocycles. The standard InChI is InChI=1S/C14H16INS/c1-10-8-17-9-13(10)14(16-2)7-11-3-5-12(15)6-4-11/h3-6,8-9,14,16H,7H2,1-2H3. The van der Waals surface area contributed by atoms with Crippen molar-refractivity contribution < 1.29 is 0 Å². The van der Waals surface area contributed by atoms with E-state index in [2.05, 4.69) is 69.9 Å². The van der Waals surface area contributed by atoms with Crippen molar-refractivity contribution in [2.45, 2.75) is 19.4 Å². The largest absolute Gasteiger partial charge is 0.313 e. The smallest absolute Gasteiger partial charge is 0.0369 e. The van der Waals surface area contributed by atoms with Crippen molar-refractivity contribution in [1.29, 1.82) is 0 Å². The maximum absolute atomic E-state index is 3.41. The first kappa shape index (κ1) is 13.1. The van der Waals surface area contributed by atoms with Crippen molar-refractivity contribution in [3.63, 3.8) is 0 Å². The molecular weight excluding hydrogens is 341 g/mol. The van der Waals surface area contributed by atoms with E-state index in [1.165, 1.54) is 20.3 Å². The van der Waals surface area contributed by atoms with Crippen LogP contribution in [-0.2, 0) is 6.42 Å². The highest BCUT2D eigenvalue weighted by Gasteiger charge is 2.13. The number of likely N-dealkylation sites (N-methyl/N-ethyl adjacent to an activating group) is 1. The van der Waals surface area contributed by atoms with Gasteiger partial charge in [-0.1, -0.05) is 12.1 Å². The highest BCUT2D eigenvalue weighted by molar-refractivity contribution is 14.1. The molecule has 3 heteroatoms. The van der Waals surface area contributed by atoms with Gasteiger partial charge in [-0.05, 0) is 82.6 Å². The molecule has 0 fully saturated rings. The molecule has 0 saturated carbocycles. The Morgan fingerprint density at radius 2 is 1.94 bits per heavy atom. The Morgan fingerprint density at radius 1 is 1.24 bits per heavy atom. The van der Waals surface area contributed by atoms with E-state index in [0.717, 1.165) is 6.42 Å². The molecule has 1 unspecified atom stereocenters. The molecule has 90 valence electrons. The fourth-order valence-electron chi connectivity index (χ4n) is 1.95. The monoisotopic (exact) mass is 357 g/mol. The number of aryl methyl sites for hydroxylation is 1. The Morgan fingerprint density at radius 3 is 2.47 bits per heavy atom. The molecule has 17 heavy (non-hydrogen) atoms. The highest BCUT2D eigenvalue weighted by Crippen LogP contribution is 2.24. The Kier molecular flexibility index (Phi) is 4.59. The van der Waals surface area contributed by atoms with Crippen LogP contribution >= 0.6 is 33.9 Å². The third-order valence-electron chi connectivity index (χ3n) is 2.97. The zero-order valence-corrected chi connectivity index (χ0v) is 13.0. The van der Waals surface area contributed by atoms with Gasteiger partial charge < -0.3 is 5.32 Å². The van der Waals surface area contributed by atoms with E-state index in [1.54, 1.807) is 11.3 Å². The molecule has 0 bridgehead atoms. The zero-order chi connectivity index (χ0) is 12.3. The van der Waals surface area contributed by atoms with E-state index in [-0.39, 0.29) is 0 Å². The highest BCUT2D eigenvalue weighted by atomic mass is 127. The van der Waals surface area contributed by atoms with Crippen LogP contribution in [0.3, 0.4) is 0 Å². The van der Waals surface area contributed by atoms with E-state index in [1.807, 2.05) is 7.05 Å². The first-order valence-corrected chi connectivity index (χ1v) is 7.67. The third-order valence-corrected chi connectivity index (χ3v) is 4.57. The lowest BCUT2D eigenvalue weighted by Gasteiger charge is -2.16. The molecular formula is C14H16INS. The van der Waals surface area contributed by atoms with Crippen LogP contribution in [0.1, 0.15) is 22.7 Å². The van der Waals surface area contributed by atoms with E-state index in [0.29, 0.717) is 6.04 Å². The van der Waals surface area contributed by atoms with Gasteiger partial charge >= 0.3 is 0 Å². The van der Waals surface area contributed by atoms with Gasteiger partial charge in [-0.2, -0.15) is 11.3 Å².